The molecule has 0 aromatic heterocycles. The molecule has 2 rings (SSSR count). The molecule has 0 saturated carbocycles. The first-order chi connectivity index (χ1) is 10.3. The van der Waals surface area contributed by atoms with Gasteiger partial charge in [0.2, 0.25) is 0 Å². The summed E-state index contributed by atoms with van der Waals surface area (Å²) in [6, 6.07) is 7.17. The third-order valence-electron chi connectivity index (χ3n) is 3.56. The highest BCUT2D eigenvalue weighted by Crippen LogP contribution is 2.19. The van der Waals surface area contributed by atoms with Gasteiger partial charge in [0.15, 0.2) is 5.84 Å². The Morgan fingerprint density at radius 2 is 2.10 bits per heavy atom. The molecule has 5 heteroatoms. The Labute approximate surface area is 125 Å². The van der Waals surface area contributed by atoms with Gasteiger partial charge in [0.05, 0.1) is 0 Å². The molecule has 4 N–H and O–H groups in total. The van der Waals surface area contributed by atoms with E-state index in [-0.39, 0.29) is 5.84 Å². The maximum atomic E-state index is 8.58. The van der Waals surface area contributed by atoms with Crippen molar-refractivity contribution in [2.24, 2.45) is 10.9 Å². The van der Waals surface area contributed by atoms with Crippen LogP contribution >= 0.6 is 0 Å². The largest absolute Gasteiger partial charge is 0.492 e. The summed E-state index contributed by atoms with van der Waals surface area (Å²) in [6.45, 7) is 2.47. The van der Waals surface area contributed by atoms with Crippen molar-refractivity contribution in [2.45, 2.75) is 25.7 Å². The number of nitrogens with zero attached hydrogens (tertiary/aromatic N) is 1. The minimum absolute atomic E-state index is 0.101. The molecule has 0 radical (unpaired) electrons. The molecule has 0 unspecified atom stereocenters. The van der Waals surface area contributed by atoms with E-state index in [2.05, 4.69) is 16.5 Å². The zero-order valence-electron chi connectivity index (χ0n) is 12.2. The van der Waals surface area contributed by atoms with E-state index in [1.807, 2.05) is 12.1 Å². The van der Waals surface area contributed by atoms with Gasteiger partial charge in [0.1, 0.15) is 12.4 Å². The van der Waals surface area contributed by atoms with E-state index in [9.17, 15) is 0 Å². The van der Waals surface area contributed by atoms with Crippen molar-refractivity contribution in [1.82, 2.24) is 5.32 Å². The number of nitrogens with two attached hydrogens (primary N) is 1. The monoisotopic (exact) mass is 289 g/mol. The second-order valence-corrected chi connectivity index (χ2v) is 5.11. The Bertz CT molecular complexity index is 495. The number of rotatable bonds is 8. The molecule has 21 heavy (non-hydrogen) atoms. The van der Waals surface area contributed by atoms with Crippen LogP contribution in [0.2, 0.25) is 0 Å². The van der Waals surface area contributed by atoms with Crippen molar-refractivity contribution >= 4 is 5.84 Å². The standard InChI is InChI=1S/C16H23N3O2/c17-16(19-20)14-5-7-15(8-6-14)21-12-11-18-10-9-13-3-1-2-4-13/h3,5-8,18,20H,1-2,4,9-12H2,(H2,17,19). The van der Waals surface area contributed by atoms with Crippen LogP contribution in [0.15, 0.2) is 41.1 Å². The number of oxime groups is 1. The van der Waals surface area contributed by atoms with E-state index >= 15 is 0 Å². The summed E-state index contributed by atoms with van der Waals surface area (Å²) in [5, 5.41) is 14.9. The Morgan fingerprint density at radius 3 is 2.76 bits per heavy atom. The minimum atomic E-state index is 0.101. The fourth-order valence-electron chi connectivity index (χ4n) is 2.36. The lowest BCUT2D eigenvalue weighted by Crippen LogP contribution is -2.22. The van der Waals surface area contributed by atoms with Gasteiger partial charge in [-0.25, -0.2) is 0 Å². The second kappa shape index (κ2) is 8.32. The molecule has 1 aromatic rings. The molecule has 0 amide bonds. The van der Waals surface area contributed by atoms with E-state index < -0.39 is 0 Å². The van der Waals surface area contributed by atoms with Crippen molar-refractivity contribution in [1.29, 1.82) is 0 Å². The van der Waals surface area contributed by atoms with Gasteiger partial charge in [-0.05, 0) is 56.5 Å². The summed E-state index contributed by atoms with van der Waals surface area (Å²) in [4.78, 5) is 0. The molecule has 0 aliphatic heterocycles. The molecular weight excluding hydrogens is 266 g/mol. The zero-order valence-corrected chi connectivity index (χ0v) is 12.2. The van der Waals surface area contributed by atoms with Gasteiger partial charge >= 0.3 is 0 Å². The van der Waals surface area contributed by atoms with Crippen LogP contribution in [0.1, 0.15) is 31.2 Å². The van der Waals surface area contributed by atoms with Gasteiger partial charge in [-0.1, -0.05) is 16.8 Å². The average molecular weight is 289 g/mol. The summed E-state index contributed by atoms with van der Waals surface area (Å²) < 4.78 is 5.63. The highest BCUT2D eigenvalue weighted by molar-refractivity contribution is 5.97. The maximum absolute atomic E-state index is 8.58. The first-order valence-electron chi connectivity index (χ1n) is 7.39. The summed E-state index contributed by atoms with van der Waals surface area (Å²) in [6.07, 6.45) is 7.35. The molecule has 114 valence electrons. The summed E-state index contributed by atoms with van der Waals surface area (Å²) in [5.74, 6) is 0.884. The van der Waals surface area contributed by atoms with Crippen LogP contribution in [0.3, 0.4) is 0 Å². The van der Waals surface area contributed by atoms with Gasteiger partial charge in [-0.15, -0.1) is 0 Å². The fraction of sp³-hybridized carbons (Fsp3) is 0.438. The predicted octanol–water partition coefficient (Wildman–Crippen LogP) is 2.25. The van der Waals surface area contributed by atoms with E-state index in [1.165, 1.54) is 19.3 Å². The van der Waals surface area contributed by atoms with Crippen molar-refractivity contribution in [3.05, 3.63) is 41.5 Å². The molecule has 1 aliphatic carbocycles. The van der Waals surface area contributed by atoms with Crippen LogP contribution in [0.5, 0.6) is 5.75 Å². The highest BCUT2D eigenvalue weighted by atomic mass is 16.5. The summed E-state index contributed by atoms with van der Waals surface area (Å²) in [7, 11) is 0. The molecule has 0 spiro atoms. The summed E-state index contributed by atoms with van der Waals surface area (Å²) in [5.41, 5.74) is 7.75. The summed E-state index contributed by atoms with van der Waals surface area (Å²) >= 11 is 0. The van der Waals surface area contributed by atoms with Crippen LogP contribution < -0.4 is 15.8 Å². The quantitative estimate of drug-likeness (QED) is 0.171. The lowest BCUT2D eigenvalue weighted by Gasteiger charge is -2.08. The number of benzene rings is 1. The molecule has 1 aromatic carbocycles. The third-order valence-corrected chi connectivity index (χ3v) is 3.56. The lowest BCUT2D eigenvalue weighted by molar-refractivity contribution is 0.314. The number of nitrogens with one attached hydrogen (secondary N) is 1. The van der Waals surface area contributed by atoms with Crippen LogP contribution in [0.4, 0.5) is 0 Å². The number of ether oxygens (including phenoxy) is 1. The predicted molar refractivity (Wildman–Crippen MR) is 83.9 cm³/mol. The Balaban J connectivity index is 1.60. The fourth-order valence-corrected chi connectivity index (χ4v) is 2.36. The lowest BCUT2D eigenvalue weighted by atomic mass is 10.2. The van der Waals surface area contributed by atoms with Crippen molar-refractivity contribution in [2.75, 3.05) is 19.7 Å². The van der Waals surface area contributed by atoms with Crippen molar-refractivity contribution in [3.8, 4) is 5.75 Å². The molecule has 0 heterocycles. The van der Waals surface area contributed by atoms with Crippen molar-refractivity contribution in [3.63, 3.8) is 0 Å². The number of allylic oxidation sites excluding steroid dienone is 1. The van der Waals surface area contributed by atoms with Crippen molar-refractivity contribution < 1.29 is 9.94 Å². The van der Waals surface area contributed by atoms with Crippen LogP contribution in [0, 0.1) is 0 Å². The Hall–Kier alpha value is -2.01. The SMILES string of the molecule is N/C(=N/O)c1ccc(OCCNCCC2=CCCC2)cc1. The number of amidine groups is 1. The first kappa shape index (κ1) is 15.4. The molecular formula is C16H23N3O2. The Morgan fingerprint density at radius 1 is 1.29 bits per heavy atom. The van der Waals surface area contributed by atoms with E-state index in [1.54, 1.807) is 17.7 Å². The van der Waals surface area contributed by atoms with E-state index in [0.717, 1.165) is 25.3 Å². The minimum Gasteiger partial charge on any atom is -0.492 e. The smallest absolute Gasteiger partial charge is 0.170 e. The second-order valence-electron chi connectivity index (χ2n) is 5.11. The topological polar surface area (TPSA) is 79.9 Å². The molecule has 0 atom stereocenters. The molecule has 1 aliphatic rings. The highest BCUT2D eigenvalue weighted by Gasteiger charge is 2.03. The molecule has 0 bridgehead atoms. The number of hydrogen-bond donors (Lipinski definition) is 3. The maximum Gasteiger partial charge on any atom is 0.170 e. The Kier molecular flexibility index (Phi) is 6.09. The van der Waals surface area contributed by atoms with Gasteiger partial charge in [0, 0.05) is 12.1 Å². The van der Waals surface area contributed by atoms with Gasteiger partial charge in [-0.2, -0.15) is 0 Å². The van der Waals surface area contributed by atoms with Gasteiger partial charge in [-0.3, -0.25) is 0 Å². The number of hydrogen-bond acceptors (Lipinski definition) is 4. The molecule has 0 fully saturated rings. The first-order valence-corrected chi connectivity index (χ1v) is 7.39. The zero-order chi connectivity index (χ0) is 14.9. The average Bonchev–Trinajstić information content (AvgIpc) is 3.04. The van der Waals surface area contributed by atoms with Crippen LogP contribution in [-0.2, 0) is 0 Å². The third kappa shape index (κ3) is 5.11. The van der Waals surface area contributed by atoms with Crippen LogP contribution in [-0.4, -0.2) is 30.7 Å². The van der Waals surface area contributed by atoms with Gasteiger partial charge < -0.3 is 21.0 Å². The van der Waals surface area contributed by atoms with Gasteiger partial charge in [0.25, 0.3) is 0 Å². The molecule has 0 saturated heterocycles. The molecule has 5 nitrogen and oxygen atoms in total. The van der Waals surface area contributed by atoms with E-state index in [0.29, 0.717) is 12.2 Å². The van der Waals surface area contributed by atoms with E-state index in [4.69, 9.17) is 15.7 Å². The normalized spacial score (nSPS) is 15.0. The van der Waals surface area contributed by atoms with Crippen LogP contribution in [0.25, 0.3) is 0 Å².